The Morgan fingerprint density at radius 1 is 1.04 bits per heavy atom. The van der Waals surface area contributed by atoms with Gasteiger partial charge in [-0.05, 0) is 92.0 Å². The Morgan fingerprint density at radius 3 is 2.62 bits per heavy atom. The molecule has 0 aliphatic heterocycles. The van der Waals surface area contributed by atoms with E-state index in [2.05, 4.69) is 19.1 Å². The second-order valence-corrected chi connectivity index (χ2v) is 6.58. The number of hydrogen-bond donors (Lipinski definition) is 0. The van der Waals surface area contributed by atoms with Gasteiger partial charge < -0.3 is 0 Å². The van der Waals surface area contributed by atoms with Crippen molar-refractivity contribution >= 4 is 5.57 Å². The molecular weight excluding hydrogens is 297 g/mol. The van der Waals surface area contributed by atoms with E-state index in [0.717, 1.165) is 31.2 Å². The lowest BCUT2D eigenvalue weighted by atomic mass is 9.84. The zero-order valence-corrected chi connectivity index (χ0v) is 14.1. The average molecular weight is 319 g/mol. The minimum atomic E-state index is -0.182. The number of halogens is 1. The van der Waals surface area contributed by atoms with Crippen LogP contribution in [0.3, 0.4) is 0 Å². The lowest BCUT2D eigenvalue weighted by molar-refractivity contribution is 0.625. The van der Waals surface area contributed by atoms with Crippen molar-refractivity contribution in [1.82, 2.24) is 0 Å². The van der Waals surface area contributed by atoms with Gasteiger partial charge in [-0.3, -0.25) is 0 Å². The van der Waals surface area contributed by atoms with Crippen LogP contribution in [-0.4, -0.2) is 0 Å². The van der Waals surface area contributed by atoms with E-state index in [1.54, 1.807) is 12.1 Å². The molecule has 2 aromatic rings. The quantitative estimate of drug-likeness (QED) is 0.695. The van der Waals surface area contributed by atoms with Gasteiger partial charge in [-0.1, -0.05) is 23.8 Å². The molecule has 0 bridgehead atoms. The highest BCUT2D eigenvalue weighted by Crippen LogP contribution is 2.34. The van der Waals surface area contributed by atoms with E-state index < -0.39 is 0 Å². The van der Waals surface area contributed by atoms with Crippen molar-refractivity contribution in [3.05, 3.63) is 76.1 Å². The fourth-order valence-corrected chi connectivity index (χ4v) is 3.54. The van der Waals surface area contributed by atoms with Crippen LogP contribution in [0.1, 0.15) is 54.9 Å². The number of benzene rings is 2. The first-order valence-corrected chi connectivity index (χ1v) is 8.64. The molecule has 0 heterocycles. The molecule has 24 heavy (non-hydrogen) atoms. The molecule has 1 aliphatic rings. The second-order valence-electron chi connectivity index (χ2n) is 6.58. The van der Waals surface area contributed by atoms with Crippen LogP contribution in [0.4, 0.5) is 4.39 Å². The number of aryl methyl sites for hydroxylation is 2. The summed E-state index contributed by atoms with van der Waals surface area (Å²) in [7, 11) is 0. The standard InChI is InChI=1S/C22H22FN/c1-16-5-2-3-8-21(16)22-14-18(15-24)10-12-19(22)11-9-17-6-4-7-20(23)13-17/h4,6-7,10,12-14H,2-3,5,8-9,11H2,1H3. The van der Waals surface area contributed by atoms with Crippen molar-refractivity contribution in [2.24, 2.45) is 0 Å². The third-order valence-electron chi connectivity index (χ3n) is 4.88. The molecular formula is C22H22FN. The largest absolute Gasteiger partial charge is 0.207 e. The van der Waals surface area contributed by atoms with Crippen LogP contribution in [0.2, 0.25) is 0 Å². The highest BCUT2D eigenvalue weighted by molar-refractivity contribution is 5.72. The normalized spacial score (nSPS) is 14.5. The molecule has 3 rings (SSSR count). The van der Waals surface area contributed by atoms with Gasteiger partial charge >= 0.3 is 0 Å². The van der Waals surface area contributed by atoms with Gasteiger partial charge in [-0.25, -0.2) is 4.39 Å². The van der Waals surface area contributed by atoms with E-state index in [-0.39, 0.29) is 5.82 Å². The summed E-state index contributed by atoms with van der Waals surface area (Å²) >= 11 is 0. The molecule has 0 amide bonds. The number of hydrogen-bond acceptors (Lipinski definition) is 1. The zero-order chi connectivity index (χ0) is 16.9. The molecule has 0 saturated heterocycles. The molecule has 122 valence electrons. The Kier molecular flexibility index (Phi) is 5.11. The number of allylic oxidation sites excluding steroid dienone is 2. The molecule has 0 saturated carbocycles. The topological polar surface area (TPSA) is 23.8 Å². The molecule has 1 nitrogen and oxygen atoms in total. The predicted molar refractivity (Wildman–Crippen MR) is 96.0 cm³/mol. The molecule has 0 atom stereocenters. The Balaban J connectivity index is 1.91. The summed E-state index contributed by atoms with van der Waals surface area (Å²) in [6.07, 6.45) is 6.38. The third kappa shape index (κ3) is 3.74. The average Bonchev–Trinajstić information content (AvgIpc) is 2.60. The maximum absolute atomic E-state index is 13.4. The van der Waals surface area contributed by atoms with E-state index in [0.29, 0.717) is 5.56 Å². The van der Waals surface area contributed by atoms with Crippen molar-refractivity contribution in [3.8, 4) is 6.07 Å². The molecule has 0 aromatic heterocycles. The first-order chi connectivity index (χ1) is 11.7. The molecule has 2 aromatic carbocycles. The smallest absolute Gasteiger partial charge is 0.123 e. The monoisotopic (exact) mass is 319 g/mol. The van der Waals surface area contributed by atoms with Crippen LogP contribution in [0.25, 0.3) is 5.57 Å². The van der Waals surface area contributed by atoms with Gasteiger partial charge in [0, 0.05) is 0 Å². The Bertz CT molecular complexity index is 811. The van der Waals surface area contributed by atoms with Gasteiger partial charge in [-0.2, -0.15) is 5.26 Å². The van der Waals surface area contributed by atoms with E-state index >= 15 is 0 Å². The fourth-order valence-electron chi connectivity index (χ4n) is 3.54. The minimum absolute atomic E-state index is 0.182. The maximum Gasteiger partial charge on any atom is 0.123 e. The van der Waals surface area contributed by atoms with Crippen LogP contribution in [0, 0.1) is 17.1 Å². The summed E-state index contributed by atoms with van der Waals surface area (Å²) in [4.78, 5) is 0. The van der Waals surface area contributed by atoms with Gasteiger partial charge in [0.05, 0.1) is 11.6 Å². The Labute approximate surface area is 143 Å². The predicted octanol–water partition coefficient (Wildman–Crippen LogP) is 5.83. The molecule has 0 fully saturated rings. The van der Waals surface area contributed by atoms with E-state index in [9.17, 15) is 9.65 Å². The van der Waals surface area contributed by atoms with Crippen molar-refractivity contribution in [1.29, 1.82) is 5.26 Å². The summed E-state index contributed by atoms with van der Waals surface area (Å²) in [5.74, 6) is -0.182. The van der Waals surface area contributed by atoms with Crippen LogP contribution < -0.4 is 0 Å². The van der Waals surface area contributed by atoms with E-state index in [1.165, 1.54) is 41.2 Å². The molecule has 0 N–H and O–H groups in total. The van der Waals surface area contributed by atoms with Gasteiger partial charge in [-0.15, -0.1) is 0 Å². The van der Waals surface area contributed by atoms with Crippen LogP contribution in [0.15, 0.2) is 48.0 Å². The van der Waals surface area contributed by atoms with Crippen molar-refractivity contribution in [3.63, 3.8) is 0 Å². The second kappa shape index (κ2) is 7.45. The minimum Gasteiger partial charge on any atom is -0.207 e. The van der Waals surface area contributed by atoms with Gasteiger partial charge in [0.25, 0.3) is 0 Å². The number of nitrogens with zero attached hydrogens (tertiary/aromatic N) is 1. The fraction of sp³-hybridized carbons (Fsp3) is 0.318. The number of rotatable bonds is 4. The molecule has 2 heteroatoms. The van der Waals surface area contributed by atoms with E-state index in [4.69, 9.17) is 0 Å². The highest BCUT2D eigenvalue weighted by atomic mass is 19.1. The SMILES string of the molecule is CC1=C(c2cc(C#N)ccc2CCc2cccc(F)c2)CCCC1. The lowest BCUT2D eigenvalue weighted by Crippen LogP contribution is -2.03. The van der Waals surface area contributed by atoms with Gasteiger partial charge in [0.1, 0.15) is 5.82 Å². The van der Waals surface area contributed by atoms with Crippen LogP contribution in [0.5, 0.6) is 0 Å². The Hall–Kier alpha value is -2.40. The first kappa shape index (κ1) is 16.5. The maximum atomic E-state index is 13.4. The van der Waals surface area contributed by atoms with Crippen molar-refractivity contribution < 1.29 is 4.39 Å². The lowest BCUT2D eigenvalue weighted by Gasteiger charge is -2.21. The summed E-state index contributed by atoms with van der Waals surface area (Å²) in [5, 5.41) is 9.25. The molecule has 1 aliphatic carbocycles. The van der Waals surface area contributed by atoms with Crippen molar-refractivity contribution in [2.75, 3.05) is 0 Å². The van der Waals surface area contributed by atoms with E-state index in [1.807, 2.05) is 18.2 Å². The molecule has 0 radical (unpaired) electrons. The summed E-state index contributed by atoms with van der Waals surface area (Å²) in [5.41, 5.74) is 7.07. The first-order valence-electron chi connectivity index (χ1n) is 8.64. The Morgan fingerprint density at radius 2 is 1.88 bits per heavy atom. The zero-order valence-electron chi connectivity index (χ0n) is 14.1. The van der Waals surface area contributed by atoms with Crippen LogP contribution in [-0.2, 0) is 12.8 Å². The summed E-state index contributed by atoms with van der Waals surface area (Å²) in [6, 6.07) is 15.1. The van der Waals surface area contributed by atoms with Crippen molar-refractivity contribution in [2.45, 2.75) is 45.4 Å². The van der Waals surface area contributed by atoms with Crippen LogP contribution >= 0.6 is 0 Å². The third-order valence-corrected chi connectivity index (χ3v) is 4.88. The molecule has 0 unspecified atom stereocenters. The number of nitriles is 1. The highest BCUT2D eigenvalue weighted by Gasteiger charge is 2.15. The summed E-state index contributed by atoms with van der Waals surface area (Å²) < 4.78 is 13.4. The van der Waals surface area contributed by atoms with Gasteiger partial charge in [0.15, 0.2) is 0 Å². The molecule has 0 spiro atoms. The summed E-state index contributed by atoms with van der Waals surface area (Å²) in [6.45, 7) is 2.21. The van der Waals surface area contributed by atoms with Gasteiger partial charge in [0.2, 0.25) is 0 Å².